The molecule has 232 valence electrons. The summed E-state index contributed by atoms with van der Waals surface area (Å²) in [6.45, 7) is 2.91. The lowest BCUT2D eigenvalue weighted by atomic mass is 10.2. The van der Waals surface area contributed by atoms with Crippen molar-refractivity contribution in [3.8, 4) is 5.75 Å². The van der Waals surface area contributed by atoms with E-state index in [0.29, 0.717) is 18.9 Å². The minimum absolute atomic E-state index is 0.0150. The van der Waals surface area contributed by atoms with Gasteiger partial charge in [-0.3, -0.25) is 19.2 Å². The van der Waals surface area contributed by atoms with Crippen LogP contribution in [0, 0.1) is 11.8 Å². The predicted octanol–water partition coefficient (Wildman–Crippen LogP) is 5.02. The molecule has 2 fully saturated rings. The van der Waals surface area contributed by atoms with Crippen molar-refractivity contribution in [3.63, 3.8) is 0 Å². The largest absolute Gasteiger partial charge is 0.497 e. The first-order chi connectivity index (χ1) is 20.7. The molecule has 2 amide bonds. The number of hydrogen-bond donors (Lipinski definition) is 4. The van der Waals surface area contributed by atoms with Crippen molar-refractivity contribution in [2.24, 2.45) is 17.6 Å². The third-order valence-corrected chi connectivity index (χ3v) is 8.12. The number of fused-ring (bicyclic) bond motifs is 1. The van der Waals surface area contributed by atoms with Crippen LogP contribution >= 0.6 is 11.3 Å². The lowest BCUT2D eigenvalue weighted by Gasteiger charge is -2.22. The van der Waals surface area contributed by atoms with Crippen LogP contribution in [0.15, 0.2) is 65.5 Å². The second kappa shape index (κ2) is 17.1. The van der Waals surface area contributed by atoms with Crippen molar-refractivity contribution >= 4 is 45.0 Å². The number of carbonyl (C=O) groups is 3. The van der Waals surface area contributed by atoms with E-state index in [2.05, 4.69) is 29.4 Å². The molecule has 1 aliphatic heterocycles. The number of carbonyl (C=O) groups excluding carboxylic acids is 2. The number of primary amides is 1. The number of carboxylic acids is 1. The number of unbranched alkanes of at least 4 members (excludes halogenated alkanes) is 3. The highest BCUT2D eigenvalue weighted by Crippen LogP contribution is 2.39. The monoisotopic (exact) mass is 610 g/mol. The quantitative estimate of drug-likeness (QED) is 0.176. The number of aliphatic carboxylic acids is 1. The summed E-state index contributed by atoms with van der Waals surface area (Å²) >= 11 is 1.24. The Morgan fingerprint density at radius 1 is 1.19 bits per heavy atom. The average Bonchev–Trinajstić information content (AvgIpc) is 3.42. The van der Waals surface area contributed by atoms with Gasteiger partial charge in [0.2, 0.25) is 11.8 Å². The molecule has 3 unspecified atom stereocenters. The number of nitrogens with two attached hydrogens (primary N) is 1. The van der Waals surface area contributed by atoms with Crippen LogP contribution < -0.4 is 20.7 Å². The molecular weight excluding hydrogens is 568 g/mol. The van der Waals surface area contributed by atoms with Gasteiger partial charge in [-0.1, -0.05) is 61.5 Å². The zero-order valence-electron chi connectivity index (χ0n) is 24.8. The first kappa shape index (κ1) is 33.4. The molecular formula is C32H42N4O6S. The molecule has 0 bridgehead atoms. The van der Waals surface area contributed by atoms with Crippen molar-refractivity contribution in [2.75, 3.05) is 25.5 Å². The topological polar surface area (TPSA) is 155 Å². The summed E-state index contributed by atoms with van der Waals surface area (Å²) in [4.78, 5) is 48.9. The number of nitrogens with one attached hydrogen (secondary N) is 2. The van der Waals surface area contributed by atoms with E-state index in [1.807, 2.05) is 48.5 Å². The molecule has 5 rings (SSSR count). The Morgan fingerprint density at radius 3 is 2.65 bits per heavy atom. The van der Waals surface area contributed by atoms with Crippen LogP contribution in [0.2, 0.25) is 0 Å². The number of rotatable bonds is 11. The van der Waals surface area contributed by atoms with Crippen molar-refractivity contribution in [1.82, 2.24) is 9.88 Å². The van der Waals surface area contributed by atoms with Gasteiger partial charge in [-0.25, -0.2) is 0 Å². The molecule has 1 aliphatic carbocycles. The van der Waals surface area contributed by atoms with Crippen LogP contribution in [0.1, 0.15) is 51.9 Å². The van der Waals surface area contributed by atoms with Crippen molar-refractivity contribution in [1.29, 1.82) is 0 Å². The van der Waals surface area contributed by atoms with Crippen LogP contribution in [-0.4, -0.2) is 59.0 Å². The maximum absolute atomic E-state index is 12.1. The van der Waals surface area contributed by atoms with Crippen LogP contribution in [0.25, 0.3) is 10.2 Å². The Morgan fingerprint density at radius 2 is 1.98 bits per heavy atom. The summed E-state index contributed by atoms with van der Waals surface area (Å²) in [6.07, 6.45) is 11.4. The van der Waals surface area contributed by atoms with Gasteiger partial charge in [-0.2, -0.15) is 0 Å². The molecule has 0 radical (unpaired) electrons. The van der Waals surface area contributed by atoms with E-state index in [0.717, 1.165) is 40.9 Å². The molecule has 10 nitrogen and oxygen atoms in total. The fourth-order valence-electron chi connectivity index (χ4n) is 4.76. The molecule has 1 saturated heterocycles. The summed E-state index contributed by atoms with van der Waals surface area (Å²) in [7, 11) is 1.59. The number of hydrogen-bond acceptors (Lipinski definition) is 7. The smallest absolute Gasteiger partial charge is 0.307 e. The number of likely N-dealkylation sites (tertiary alicyclic amines) is 1. The summed E-state index contributed by atoms with van der Waals surface area (Å²) < 4.78 is 6.13. The summed E-state index contributed by atoms with van der Waals surface area (Å²) in [5.41, 5.74) is 7.03. The fourth-order valence-corrected chi connectivity index (χ4v) is 5.50. The van der Waals surface area contributed by atoms with Crippen molar-refractivity contribution < 1.29 is 24.2 Å². The number of allylic oxidation sites excluding steroid dienone is 2. The molecule has 2 heterocycles. The van der Waals surface area contributed by atoms with E-state index < -0.39 is 17.9 Å². The van der Waals surface area contributed by atoms with Crippen LogP contribution in [0.3, 0.4) is 0 Å². The minimum Gasteiger partial charge on any atom is -0.497 e. The maximum Gasteiger partial charge on any atom is 0.307 e. The number of carboxylic acid groups (broad SMARTS) is 1. The Kier molecular flexibility index (Phi) is 13.3. The maximum atomic E-state index is 12.1. The van der Waals surface area contributed by atoms with Gasteiger partial charge in [0, 0.05) is 18.3 Å². The first-order valence-electron chi connectivity index (χ1n) is 14.7. The Labute approximate surface area is 255 Å². The number of amides is 2. The second-order valence-corrected chi connectivity index (χ2v) is 11.5. The van der Waals surface area contributed by atoms with E-state index in [1.165, 1.54) is 30.6 Å². The first-order valence-corrected chi connectivity index (χ1v) is 15.5. The predicted molar refractivity (Wildman–Crippen MR) is 170 cm³/mol. The van der Waals surface area contributed by atoms with E-state index >= 15 is 0 Å². The van der Waals surface area contributed by atoms with Crippen LogP contribution in [-0.2, 0) is 14.4 Å². The summed E-state index contributed by atoms with van der Waals surface area (Å²) in [6, 6.07) is 14.5. The van der Waals surface area contributed by atoms with Gasteiger partial charge in [-0.15, -0.1) is 0 Å². The molecule has 2 aromatic carbocycles. The third kappa shape index (κ3) is 10.9. The number of methoxy groups -OCH3 is 1. The lowest BCUT2D eigenvalue weighted by molar-refractivity contribution is -0.138. The minimum atomic E-state index is -0.636. The van der Waals surface area contributed by atoms with Gasteiger partial charge >= 0.3 is 10.8 Å². The number of nitrogens with zero attached hydrogens (tertiary/aromatic N) is 1. The van der Waals surface area contributed by atoms with Gasteiger partial charge in [-0.05, 0) is 62.3 Å². The molecule has 11 heteroatoms. The highest BCUT2D eigenvalue weighted by molar-refractivity contribution is 7.16. The van der Waals surface area contributed by atoms with Crippen molar-refractivity contribution in [2.45, 2.75) is 57.9 Å². The third-order valence-electron chi connectivity index (χ3n) is 7.26. The molecule has 5 N–H and O–H groups in total. The molecule has 3 aromatic rings. The SMILES string of the molecule is CCCCC/C=C\C1CC1C(=O)O.COc1cccc(NCC(=O)N2CCCC2C(N)=O)c1.O=c1[nH]c2ccccc2s1. The zero-order chi connectivity index (χ0) is 31.2. The number of aromatic nitrogens is 1. The normalized spacial score (nSPS) is 18.7. The lowest BCUT2D eigenvalue weighted by Crippen LogP contribution is -2.45. The van der Waals surface area contributed by atoms with Gasteiger partial charge < -0.3 is 30.8 Å². The molecule has 43 heavy (non-hydrogen) atoms. The number of thiazole rings is 1. The Balaban J connectivity index is 0.000000189. The Hall–Kier alpha value is -4.12. The number of aromatic amines is 1. The fraction of sp³-hybridized carbons (Fsp3) is 0.438. The summed E-state index contributed by atoms with van der Waals surface area (Å²) in [5.74, 6) is -0.213. The summed E-state index contributed by atoms with van der Waals surface area (Å²) in [5, 5.41) is 11.7. The molecule has 1 saturated carbocycles. The number of benzene rings is 2. The van der Waals surface area contributed by atoms with Crippen LogP contribution in [0.4, 0.5) is 5.69 Å². The van der Waals surface area contributed by atoms with Gasteiger partial charge in [0.15, 0.2) is 0 Å². The number of H-pyrrole nitrogens is 1. The average molecular weight is 611 g/mol. The molecule has 2 aliphatic rings. The number of anilines is 1. The number of para-hydroxylation sites is 1. The molecule has 0 spiro atoms. The molecule has 3 atom stereocenters. The van der Waals surface area contributed by atoms with E-state index in [9.17, 15) is 19.2 Å². The van der Waals surface area contributed by atoms with Gasteiger partial charge in [0.05, 0.1) is 29.8 Å². The van der Waals surface area contributed by atoms with Crippen molar-refractivity contribution in [3.05, 3.63) is 70.4 Å². The Bertz CT molecular complexity index is 1400. The van der Waals surface area contributed by atoms with Gasteiger partial charge in [0.1, 0.15) is 11.8 Å². The van der Waals surface area contributed by atoms with E-state index in [4.69, 9.17) is 15.6 Å². The van der Waals surface area contributed by atoms with E-state index in [-0.39, 0.29) is 23.2 Å². The highest BCUT2D eigenvalue weighted by atomic mass is 32.1. The van der Waals surface area contributed by atoms with E-state index in [1.54, 1.807) is 12.0 Å². The molecule has 1 aromatic heterocycles. The number of ether oxygens (including phenoxy) is 1. The highest BCUT2D eigenvalue weighted by Gasteiger charge is 2.40. The van der Waals surface area contributed by atoms with Crippen LogP contribution in [0.5, 0.6) is 5.75 Å². The van der Waals surface area contributed by atoms with Gasteiger partial charge in [0.25, 0.3) is 0 Å². The second-order valence-electron chi connectivity index (χ2n) is 10.5. The standard InChI is InChI=1S/C14H19N3O3.C11H18O2.C7H5NOS/c1-20-11-5-2-4-10(8-11)16-9-13(18)17-7-3-6-12(17)14(15)19;1-2-3-4-5-6-7-9-8-10(9)11(12)13;9-7-8-5-3-1-2-4-6(5)10-7/h2,4-5,8,12,16H,3,6-7,9H2,1H3,(H2,15,19);6-7,9-10H,2-5,8H2,1H3,(H,12,13);1-4H,(H,8,9)/b;7-6-;. The zero-order valence-corrected chi connectivity index (χ0v) is 25.6.